The van der Waals surface area contributed by atoms with Gasteiger partial charge in [-0.15, -0.1) is 0 Å². The summed E-state index contributed by atoms with van der Waals surface area (Å²) in [6.07, 6.45) is 0.779. The number of nitro groups is 1. The predicted molar refractivity (Wildman–Crippen MR) is 50.3 cm³/mol. The fourth-order valence-electron chi connectivity index (χ4n) is 1.10. The van der Waals surface area contributed by atoms with Crippen molar-refractivity contribution < 1.29 is 4.92 Å². The zero-order chi connectivity index (χ0) is 9.84. The minimum atomic E-state index is -0.411. The van der Waals surface area contributed by atoms with Crippen LogP contribution in [0.25, 0.3) is 0 Å². The first kappa shape index (κ1) is 9.67. The van der Waals surface area contributed by atoms with Gasteiger partial charge in [-0.2, -0.15) is 0 Å². The summed E-state index contributed by atoms with van der Waals surface area (Å²) < 4.78 is 0. The molecule has 0 aliphatic rings. The lowest BCUT2D eigenvalue weighted by molar-refractivity contribution is -0.384. The van der Waals surface area contributed by atoms with Crippen LogP contribution in [-0.4, -0.2) is 4.92 Å². The number of nitrogens with zero attached hydrogens (tertiary/aromatic N) is 1. The molecule has 0 aromatic heterocycles. The van der Waals surface area contributed by atoms with Crippen LogP contribution in [0.5, 0.6) is 0 Å². The second-order valence-electron chi connectivity index (χ2n) is 2.87. The van der Waals surface area contributed by atoms with E-state index in [1.165, 1.54) is 12.1 Å². The summed E-state index contributed by atoms with van der Waals surface area (Å²) in [6.45, 7) is 1.95. The van der Waals surface area contributed by atoms with Gasteiger partial charge in [-0.3, -0.25) is 10.1 Å². The maximum Gasteiger partial charge on any atom is 0.269 e. The molecule has 4 heteroatoms. The Morgan fingerprint density at radius 1 is 1.62 bits per heavy atom. The predicted octanol–water partition coefficient (Wildman–Crippen LogP) is 2.00. The Bertz CT molecular complexity index is 312. The number of non-ortho nitro benzene ring substituents is 1. The van der Waals surface area contributed by atoms with Gasteiger partial charge in [-0.05, 0) is 12.0 Å². The minimum absolute atomic E-state index is 0.0985. The molecule has 4 nitrogen and oxygen atoms in total. The first-order chi connectivity index (χ1) is 6.15. The van der Waals surface area contributed by atoms with Gasteiger partial charge in [0.25, 0.3) is 5.69 Å². The second kappa shape index (κ2) is 4.00. The molecule has 13 heavy (non-hydrogen) atoms. The molecule has 0 radical (unpaired) electrons. The molecule has 0 heterocycles. The van der Waals surface area contributed by atoms with Crippen LogP contribution < -0.4 is 5.73 Å². The summed E-state index contributed by atoms with van der Waals surface area (Å²) in [6, 6.07) is 6.34. The molecule has 0 aliphatic carbocycles. The highest BCUT2D eigenvalue weighted by Gasteiger charge is 2.08. The van der Waals surface area contributed by atoms with Gasteiger partial charge >= 0.3 is 0 Å². The topological polar surface area (TPSA) is 69.2 Å². The molecule has 0 saturated carbocycles. The summed E-state index contributed by atoms with van der Waals surface area (Å²) in [5, 5.41) is 10.4. The van der Waals surface area contributed by atoms with Gasteiger partial charge in [-0.1, -0.05) is 19.1 Å². The molecule has 1 aromatic rings. The van der Waals surface area contributed by atoms with Crippen LogP contribution in [-0.2, 0) is 0 Å². The van der Waals surface area contributed by atoms with E-state index >= 15 is 0 Å². The smallest absolute Gasteiger partial charge is 0.269 e. The van der Waals surface area contributed by atoms with Crippen LogP contribution in [0.15, 0.2) is 24.3 Å². The zero-order valence-electron chi connectivity index (χ0n) is 7.43. The van der Waals surface area contributed by atoms with Crippen LogP contribution in [0.2, 0.25) is 0 Å². The van der Waals surface area contributed by atoms with Crippen LogP contribution in [0.3, 0.4) is 0 Å². The fraction of sp³-hybridized carbons (Fsp3) is 0.333. The van der Waals surface area contributed by atoms with Crippen molar-refractivity contribution in [3.8, 4) is 0 Å². The first-order valence-electron chi connectivity index (χ1n) is 4.15. The normalized spacial score (nSPS) is 12.5. The molecule has 1 aromatic carbocycles. The van der Waals surface area contributed by atoms with E-state index in [1.54, 1.807) is 12.1 Å². The lowest BCUT2D eigenvalue weighted by Crippen LogP contribution is -2.08. The molecule has 0 spiro atoms. The molecule has 0 saturated heterocycles. The molecule has 0 aliphatic heterocycles. The summed E-state index contributed by atoms with van der Waals surface area (Å²) in [7, 11) is 0. The number of nitrogens with two attached hydrogens (primary N) is 1. The monoisotopic (exact) mass is 180 g/mol. The van der Waals surface area contributed by atoms with Gasteiger partial charge in [0.1, 0.15) is 0 Å². The van der Waals surface area contributed by atoms with E-state index in [-0.39, 0.29) is 11.7 Å². The Morgan fingerprint density at radius 2 is 2.31 bits per heavy atom. The Labute approximate surface area is 76.5 Å². The largest absolute Gasteiger partial charge is 0.324 e. The highest BCUT2D eigenvalue weighted by atomic mass is 16.6. The minimum Gasteiger partial charge on any atom is -0.324 e. The van der Waals surface area contributed by atoms with E-state index in [0.29, 0.717) is 0 Å². The van der Waals surface area contributed by atoms with Crippen molar-refractivity contribution in [2.45, 2.75) is 19.4 Å². The average Bonchev–Trinajstić information content (AvgIpc) is 2.17. The van der Waals surface area contributed by atoms with Crippen molar-refractivity contribution in [1.29, 1.82) is 0 Å². The molecule has 0 amide bonds. The van der Waals surface area contributed by atoms with Gasteiger partial charge < -0.3 is 5.73 Å². The Morgan fingerprint density at radius 3 is 2.85 bits per heavy atom. The van der Waals surface area contributed by atoms with E-state index in [1.807, 2.05) is 6.92 Å². The molecule has 1 atom stereocenters. The molecular formula is C9H12N2O2. The van der Waals surface area contributed by atoms with Crippen LogP contribution in [0.1, 0.15) is 24.9 Å². The second-order valence-corrected chi connectivity index (χ2v) is 2.87. The van der Waals surface area contributed by atoms with Crippen LogP contribution in [0, 0.1) is 10.1 Å². The fourth-order valence-corrected chi connectivity index (χ4v) is 1.10. The van der Waals surface area contributed by atoms with Crippen molar-refractivity contribution in [2.24, 2.45) is 5.73 Å². The number of rotatable bonds is 3. The number of hydrogen-bond donors (Lipinski definition) is 1. The SMILES string of the molecule is CCC(N)c1cccc([N+](=O)[O-])c1. The van der Waals surface area contributed by atoms with E-state index in [4.69, 9.17) is 5.73 Å². The van der Waals surface area contributed by atoms with E-state index in [2.05, 4.69) is 0 Å². The Kier molecular flexibility index (Phi) is 2.97. The first-order valence-corrected chi connectivity index (χ1v) is 4.15. The Hall–Kier alpha value is -1.42. The Balaban J connectivity index is 2.98. The molecule has 0 fully saturated rings. The van der Waals surface area contributed by atoms with Gasteiger partial charge in [-0.25, -0.2) is 0 Å². The quantitative estimate of drug-likeness (QED) is 0.571. The lowest BCUT2D eigenvalue weighted by Gasteiger charge is -2.07. The number of benzene rings is 1. The van der Waals surface area contributed by atoms with Crippen LogP contribution >= 0.6 is 0 Å². The van der Waals surface area contributed by atoms with Crippen molar-refractivity contribution in [1.82, 2.24) is 0 Å². The summed E-state index contributed by atoms with van der Waals surface area (Å²) in [5.41, 5.74) is 6.66. The molecule has 2 N–H and O–H groups in total. The van der Waals surface area contributed by atoms with Gasteiger partial charge in [0.05, 0.1) is 4.92 Å². The third-order valence-corrected chi connectivity index (χ3v) is 1.95. The highest BCUT2D eigenvalue weighted by molar-refractivity contribution is 5.35. The standard InChI is InChI=1S/C9H12N2O2/c1-2-9(10)7-4-3-5-8(6-7)11(12)13/h3-6,9H,2,10H2,1H3. The third-order valence-electron chi connectivity index (χ3n) is 1.95. The maximum atomic E-state index is 10.4. The molecule has 1 unspecified atom stereocenters. The zero-order valence-corrected chi connectivity index (χ0v) is 7.43. The van der Waals surface area contributed by atoms with E-state index in [0.717, 1.165) is 12.0 Å². The summed E-state index contributed by atoms with van der Waals surface area (Å²) in [5.74, 6) is 0. The lowest BCUT2D eigenvalue weighted by atomic mass is 10.1. The molecule has 1 rings (SSSR count). The van der Waals surface area contributed by atoms with Crippen molar-refractivity contribution in [2.75, 3.05) is 0 Å². The van der Waals surface area contributed by atoms with E-state index in [9.17, 15) is 10.1 Å². The summed E-state index contributed by atoms with van der Waals surface area (Å²) in [4.78, 5) is 10.0. The maximum absolute atomic E-state index is 10.4. The van der Waals surface area contributed by atoms with E-state index < -0.39 is 4.92 Å². The van der Waals surface area contributed by atoms with Crippen LogP contribution in [0.4, 0.5) is 5.69 Å². The number of hydrogen-bond acceptors (Lipinski definition) is 3. The molecule has 0 bridgehead atoms. The molecule has 70 valence electrons. The van der Waals surface area contributed by atoms with Crippen molar-refractivity contribution >= 4 is 5.69 Å². The highest BCUT2D eigenvalue weighted by Crippen LogP contribution is 2.19. The van der Waals surface area contributed by atoms with Gasteiger partial charge in [0.2, 0.25) is 0 Å². The third kappa shape index (κ3) is 2.26. The van der Waals surface area contributed by atoms with Crippen molar-refractivity contribution in [3.63, 3.8) is 0 Å². The summed E-state index contributed by atoms with van der Waals surface area (Å²) >= 11 is 0. The number of nitro benzene ring substituents is 1. The average molecular weight is 180 g/mol. The van der Waals surface area contributed by atoms with Gasteiger partial charge in [0.15, 0.2) is 0 Å². The van der Waals surface area contributed by atoms with Gasteiger partial charge in [0, 0.05) is 18.2 Å². The molecular weight excluding hydrogens is 168 g/mol. The van der Waals surface area contributed by atoms with Crippen molar-refractivity contribution in [3.05, 3.63) is 39.9 Å².